The van der Waals surface area contributed by atoms with E-state index >= 15 is 0 Å². The molecule has 0 bridgehead atoms. The molecule has 0 N–H and O–H groups in total. The van der Waals surface area contributed by atoms with Crippen LogP contribution in [0.15, 0.2) is 11.0 Å². The van der Waals surface area contributed by atoms with Crippen LogP contribution in [-0.2, 0) is 0 Å². The second-order valence-corrected chi connectivity index (χ2v) is 3.78. The summed E-state index contributed by atoms with van der Waals surface area (Å²) in [6.45, 7) is 3.62. The second-order valence-electron chi connectivity index (χ2n) is 2.57. The number of rotatable bonds is 0. The maximum atomic E-state index is 11.1. The molecular formula is C7H7N3OS. The fraction of sp³-hybridized carbons (Fsp3) is 0.286. The Morgan fingerprint density at radius 3 is 3.00 bits per heavy atom. The Kier molecular flexibility index (Phi) is 1.47. The topological polar surface area (TPSA) is 47.3 Å². The molecular weight excluding hydrogens is 174 g/mol. The quantitative estimate of drug-likeness (QED) is 0.603. The van der Waals surface area contributed by atoms with E-state index in [2.05, 4.69) is 10.1 Å². The highest BCUT2D eigenvalue weighted by Gasteiger charge is 2.02. The number of fused-ring (bicyclic) bond motifs is 1. The van der Waals surface area contributed by atoms with Crippen LogP contribution in [0.3, 0.4) is 0 Å². The lowest BCUT2D eigenvalue weighted by Gasteiger charge is -1.90. The van der Waals surface area contributed by atoms with Crippen molar-refractivity contribution in [1.82, 2.24) is 14.6 Å². The minimum Gasteiger partial charge on any atom is -0.265 e. The minimum absolute atomic E-state index is 0.239. The molecule has 5 heteroatoms. The number of hydrogen-bond donors (Lipinski definition) is 0. The van der Waals surface area contributed by atoms with Crippen LogP contribution in [-0.4, -0.2) is 14.6 Å². The van der Waals surface area contributed by atoms with Gasteiger partial charge in [0.05, 0.1) is 0 Å². The van der Waals surface area contributed by atoms with Gasteiger partial charge in [0.1, 0.15) is 5.69 Å². The molecule has 0 aliphatic carbocycles. The van der Waals surface area contributed by atoms with E-state index in [1.165, 1.54) is 11.3 Å². The zero-order valence-electron chi connectivity index (χ0n) is 6.74. The van der Waals surface area contributed by atoms with Crippen LogP contribution in [0.5, 0.6) is 0 Å². The average Bonchev–Trinajstić information content (AvgIpc) is 2.30. The van der Waals surface area contributed by atoms with Gasteiger partial charge in [0.25, 0.3) is 5.56 Å². The number of nitrogens with zero attached hydrogens (tertiary/aromatic N) is 3. The third kappa shape index (κ3) is 1.02. The summed E-state index contributed by atoms with van der Waals surface area (Å²) in [4.78, 5) is 16.7. The largest absolute Gasteiger partial charge is 0.295 e. The molecule has 0 radical (unpaired) electrons. The molecule has 0 saturated carbocycles. The molecule has 2 rings (SSSR count). The van der Waals surface area contributed by atoms with Crippen LogP contribution < -0.4 is 5.56 Å². The maximum absolute atomic E-state index is 11.1. The highest BCUT2D eigenvalue weighted by atomic mass is 32.1. The number of aromatic nitrogens is 3. The third-order valence-corrected chi connectivity index (χ3v) is 2.41. The standard InChI is InChI=1S/C7H7N3OS/c1-4-3-10-7(12-4)8-6(11)5(2)9-10/h3H,1-2H3. The first-order valence-corrected chi connectivity index (χ1v) is 4.32. The SMILES string of the molecule is Cc1cn2nc(C)c(=O)nc2s1. The van der Waals surface area contributed by atoms with Gasteiger partial charge in [-0.05, 0) is 13.8 Å². The van der Waals surface area contributed by atoms with E-state index in [-0.39, 0.29) is 5.56 Å². The van der Waals surface area contributed by atoms with Crippen LogP contribution in [0.4, 0.5) is 0 Å². The Hall–Kier alpha value is -1.23. The molecule has 0 aromatic carbocycles. The van der Waals surface area contributed by atoms with Crippen molar-refractivity contribution in [3.63, 3.8) is 0 Å². The predicted octanol–water partition coefficient (Wildman–Crippen LogP) is 0.768. The molecule has 0 unspecified atom stereocenters. The molecule has 2 heterocycles. The second kappa shape index (κ2) is 2.38. The van der Waals surface area contributed by atoms with Crippen LogP contribution in [0.2, 0.25) is 0 Å². The minimum atomic E-state index is -0.239. The number of hydrogen-bond acceptors (Lipinski definition) is 4. The van der Waals surface area contributed by atoms with E-state index < -0.39 is 0 Å². The smallest absolute Gasteiger partial charge is 0.265 e. The summed E-state index contributed by atoms with van der Waals surface area (Å²) in [5.74, 6) is 0. The zero-order chi connectivity index (χ0) is 8.72. The van der Waals surface area contributed by atoms with Gasteiger partial charge in [0.15, 0.2) is 0 Å². The van der Waals surface area contributed by atoms with E-state index in [9.17, 15) is 4.79 Å². The molecule has 0 aliphatic heterocycles. The van der Waals surface area contributed by atoms with Crippen molar-refractivity contribution < 1.29 is 0 Å². The van der Waals surface area contributed by atoms with Gasteiger partial charge < -0.3 is 0 Å². The summed E-state index contributed by atoms with van der Waals surface area (Å²) in [6.07, 6.45) is 1.86. The molecule has 0 amide bonds. The van der Waals surface area contributed by atoms with Crippen molar-refractivity contribution in [3.05, 3.63) is 27.1 Å². The molecule has 0 atom stereocenters. The van der Waals surface area contributed by atoms with Crippen LogP contribution >= 0.6 is 11.3 Å². The maximum Gasteiger partial charge on any atom is 0.295 e. The van der Waals surface area contributed by atoms with E-state index in [0.29, 0.717) is 10.7 Å². The molecule has 62 valence electrons. The van der Waals surface area contributed by atoms with Gasteiger partial charge in [-0.2, -0.15) is 10.1 Å². The lowest BCUT2D eigenvalue weighted by molar-refractivity contribution is 0.859. The van der Waals surface area contributed by atoms with Crippen molar-refractivity contribution in [2.75, 3.05) is 0 Å². The van der Waals surface area contributed by atoms with Crippen molar-refractivity contribution in [2.24, 2.45) is 0 Å². The Balaban J connectivity index is 2.92. The van der Waals surface area contributed by atoms with Gasteiger partial charge >= 0.3 is 0 Å². The summed E-state index contributed by atoms with van der Waals surface area (Å²) in [5.41, 5.74) is 0.196. The normalized spacial score (nSPS) is 10.8. The van der Waals surface area contributed by atoms with Crippen LogP contribution in [0, 0.1) is 13.8 Å². The van der Waals surface area contributed by atoms with E-state index in [1.807, 2.05) is 13.1 Å². The summed E-state index contributed by atoms with van der Waals surface area (Å²) >= 11 is 1.46. The first kappa shape index (κ1) is 7.42. The van der Waals surface area contributed by atoms with Gasteiger partial charge in [0, 0.05) is 11.1 Å². The first-order valence-electron chi connectivity index (χ1n) is 3.50. The molecule has 12 heavy (non-hydrogen) atoms. The van der Waals surface area contributed by atoms with Crippen molar-refractivity contribution in [1.29, 1.82) is 0 Å². The average molecular weight is 181 g/mol. The zero-order valence-corrected chi connectivity index (χ0v) is 7.55. The number of thiazole rings is 1. The monoisotopic (exact) mass is 181 g/mol. The highest BCUT2D eigenvalue weighted by Crippen LogP contribution is 2.11. The third-order valence-electron chi connectivity index (χ3n) is 1.52. The van der Waals surface area contributed by atoms with Crippen molar-refractivity contribution >= 4 is 16.3 Å². The lowest BCUT2D eigenvalue weighted by atomic mass is 10.5. The molecule has 0 spiro atoms. The lowest BCUT2D eigenvalue weighted by Crippen LogP contribution is -2.13. The molecule has 2 aromatic heterocycles. The molecule has 0 fully saturated rings. The van der Waals surface area contributed by atoms with Gasteiger partial charge in [-0.25, -0.2) is 4.52 Å². The van der Waals surface area contributed by atoms with Crippen LogP contribution in [0.25, 0.3) is 4.96 Å². The Bertz CT molecular complexity index is 485. The highest BCUT2D eigenvalue weighted by molar-refractivity contribution is 7.16. The fourth-order valence-corrected chi connectivity index (χ4v) is 1.72. The summed E-state index contributed by atoms with van der Waals surface area (Å²) < 4.78 is 1.64. The van der Waals surface area contributed by atoms with Gasteiger partial charge in [-0.15, -0.1) is 11.3 Å². The molecule has 0 aliphatic rings. The number of aryl methyl sites for hydroxylation is 2. The Morgan fingerprint density at radius 1 is 1.50 bits per heavy atom. The molecule has 4 nitrogen and oxygen atoms in total. The van der Waals surface area contributed by atoms with Gasteiger partial charge in [-0.1, -0.05) is 0 Å². The summed E-state index contributed by atoms with van der Waals surface area (Å²) in [7, 11) is 0. The van der Waals surface area contributed by atoms with E-state index in [4.69, 9.17) is 0 Å². The van der Waals surface area contributed by atoms with Crippen molar-refractivity contribution in [2.45, 2.75) is 13.8 Å². The van der Waals surface area contributed by atoms with Crippen LogP contribution in [0.1, 0.15) is 10.6 Å². The van der Waals surface area contributed by atoms with E-state index in [1.54, 1.807) is 11.4 Å². The van der Waals surface area contributed by atoms with Crippen molar-refractivity contribution in [3.8, 4) is 0 Å². The summed E-state index contributed by atoms with van der Waals surface area (Å²) in [6, 6.07) is 0. The van der Waals surface area contributed by atoms with E-state index in [0.717, 1.165) is 4.88 Å². The summed E-state index contributed by atoms with van der Waals surface area (Å²) in [5, 5.41) is 4.05. The van der Waals surface area contributed by atoms with Gasteiger partial charge in [0.2, 0.25) is 4.96 Å². The first-order chi connectivity index (χ1) is 5.66. The Labute approximate surface area is 72.5 Å². The van der Waals surface area contributed by atoms with Gasteiger partial charge in [-0.3, -0.25) is 4.79 Å². The molecule has 0 saturated heterocycles. The Morgan fingerprint density at radius 2 is 2.25 bits per heavy atom. The fourth-order valence-electron chi connectivity index (χ4n) is 0.962. The predicted molar refractivity (Wildman–Crippen MR) is 46.6 cm³/mol. The molecule has 2 aromatic rings.